The van der Waals surface area contributed by atoms with Gasteiger partial charge in [-0.25, -0.2) is 4.98 Å². The second kappa shape index (κ2) is 5.82. The average molecular weight is 238 g/mol. The maximum absolute atomic E-state index is 11.9. The minimum absolute atomic E-state index is 0.0725. The SMILES string of the molecule is CCC(N)(CC)C(=O)NCCc1nccn1C. The molecule has 1 aromatic heterocycles. The second-order valence-corrected chi connectivity index (χ2v) is 4.32. The van der Waals surface area contributed by atoms with E-state index < -0.39 is 5.54 Å². The highest BCUT2D eigenvalue weighted by Gasteiger charge is 2.29. The van der Waals surface area contributed by atoms with E-state index in [1.165, 1.54) is 0 Å². The highest BCUT2D eigenvalue weighted by molar-refractivity contribution is 5.85. The third-order valence-corrected chi connectivity index (χ3v) is 3.27. The number of imidazole rings is 1. The molecular formula is C12H22N4O. The Morgan fingerprint density at radius 3 is 2.65 bits per heavy atom. The standard InChI is InChI=1S/C12H22N4O/c1-4-12(13,5-2)11(17)15-7-6-10-14-8-9-16(10)3/h8-9H,4-7,13H2,1-3H3,(H,15,17). The normalized spacial score (nSPS) is 11.5. The molecule has 17 heavy (non-hydrogen) atoms. The van der Waals surface area contributed by atoms with Gasteiger partial charge in [-0.05, 0) is 12.8 Å². The largest absolute Gasteiger partial charge is 0.354 e. The second-order valence-electron chi connectivity index (χ2n) is 4.32. The molecule has 3 N–H and O–H groups in total. The zero-order valence-electron chi connectivity index (χ0n) is 10.9. The number of aryl methyl sites for hydroxylation is 1. The Kier molecular flexibility index (Phi) is 4.69. The van der Waals surface area contributed by atoms with Crippen LogP contribution in [0.4, 0.5) is 0 Å². The van der Waals surface area contributed by atoms with E-state index in [0.717, 1.165) is 12.2 Å². The van der Waals surface area contributed by atoms with E-state index in [1.54, 1.807) is 6.20 Å². The topological polar surface area (TPSA) is 72.9 Å². The fraction of sp³-hybridized carbons (Fsp3) is 0.667. The van der Waals surface area contributed by atoms with Crippen LogP contribution in [-0.4, -0.2) is 27.5 Å². The lowest BCUT2D eigenvalue weighted by Crippen LogP contribution is -2.53. The summed E-state index contributed by atoms with van der Waals surface area (Å²) in [5, 5.41) is 2.87. The number of nitrogens with zero attached hydrogens (tertiary/aromatic N) is 2. The number of carbonyl (C=O) groups is 1. The molecule has 0 spiro atoms. The van der Waals surface area contributed by atoms with Crippen molar-refractivity contribution < 1.29 is 4.79 Å². The van der Waals surface area contributed by atoms with Crippen LogP contribution in [-0.2, 0) is 18.3 Å². The summed E-state index contributed by atoms with van der Waals surface area (Å²) in [6.45, 7) is 4.44. The smallest absolute Gasteiger partial charge is 0.240 e. The molecule has 0 radical (unpaired) electrons. The van der Waals surface area contributed by atoms with Gasteiger partial charge in [-0.1, -0.05) is 13.8 Å². The predicted molar refractivity (Wildman–Crippen MR) is 67.4 cm³/mol. The van der Waals surface area contributed by atoms with Gasteiger partial charge in [0.25, 0.3) is 0 Å². The molecule has 0 atom stereocenters. The number of nitrogens with one attached hydrogen (secondary N) is 1. The van der Waals surface area contributed by atoms with Crippen molar-refractivity contribution in [3.05, 3.63) is 18.2 Å². The molecule has 0 saturated heterocycles. The van der Waals surface area contributed by atoms with E-state index in [-0.39, 0.29) is 5.91 Å². The number of amides is 1. The van der Waals surface area contributed by atoms with Gasteiger partial charge < -0.3 is 15.6 Å². The van der Waals surface area contributed by atoms with Gasteiger partial charge in [0.1, 0.15) is 5.82 Å². The van der Waals surface area contributed by atoms with Crippen molar-refractivity contribution in [3.8, 4) is 0 Å². The third-order valence-electron chi connectivity index (χ3n) is 3.27. The molecule has 0 unspecified atom stereocenters. The first-order valence-electron chi connectivity index (χ1n) is 6.07. The Morgan fingerprint density at radius 1 is 1.53 bits per heavy atom. The number of carbonyl (C=O) groups excluding carboxylic acids is 1. The Labute approximate surface area is 102 Å². The third kappa shape index (κ3) is 3.30. The molecule has 0 aliphatic heterocycles. The van der Waals surface area contributed by atoms with Crippen molar-refractivity contribution in [2.45, 2.75) is 38.6 Å². The first-order valence-corrected chi connectivity index (χ1v) is 6.07. The number of nitrogens with two attached hydrogens (primary N) is 1. The molecule has 1 rings (SSSR count). The summed E-state index contributed by atoms with van der Waals surface area (Å²) in [7, 11) is 1.94. The molecule has 5 nitrogen and oxygen atoms in total. The Morgan fingerprint density at radius 2 is 2.18 bits per heavy atom. The maximum Gasteiger partial charge on any atom is 0.240 e. The van der Waals surface area contributed by atoms with E-state index in [4.69, 9.17) is 5.73 Å². The Hall–Kier alpha value is -1.36. The number of hydrogen-bond acceptors (Lipinski definition) is 3. The van der Waals surface area contributed by atoms with E-state index in [9.17, 15) is 4.79 Å². The average Bonchev–Trinajstić information content (AvgIpc) is 2.74. The summed E-state index contributed by atoms with van der Waals surface area (Å²) in [6, 6.07) is 0. The van der Waals surface area contributed by atoms with Crippen molar-refractivity contribution in [2.24, 2.45) is 12.8 Å². The Bertz CT molecular complexity index is 368. The number of hydrogen-bond donors (Lipinski definition) is 2. The first-order chi connectivity index (χ1) is 8.03. The van der Waals surface area contributed by atoms with Crippen molar-refractivity contribution in [2.75, 3.05) is 6.54 Å². The molecule has 0 saturated carbocycles. The molecule has 0 aromatic carbocycles. The van der Waals surface area contributed by atoms with Gasteiger partial charge in [-0.3, -0.25) is 4.79 Å². The maximum atomic E-state index is 11.9. The summed E-state index contributed by atoms with van der Waals surface area (Å²) >= 11 is 0. The van der Waals surface area contributed by atoms with E-state index in [0.29, 0.717) is 19.4 Å². The molecule has 1 heterocycles. The van der Waals surface area contributed by atoms with Crippen LogP contribution < -0.4 is 11.1 Å². The van der Waals surface area contributed by atoms with Crippen LogP contribution in [0, 0.1) is 0 Å². The molecule has 1 amide bonds. The lowest BCUT2D eigenvalue weighted by molar-refractivity contribution is -0.126. The van der Waals surface area contributed by atoms with Crippen molar-refractivity contribution in [3.63, 3.8) is 0 Å². The quantitative estimate of drug-likeness (QED) is 0.762. The summed E-state index contributed by atoms with van der Waals surface area (Å²) in [5.41, 5.74) is 5.26. The lowest BCUT2D eigenvalue weighted by atomic mass is 9.93. The van der Waals surface area contributed by atoms with Crippen LogP contribution in [0.2, 0.25) is 0 Å². The van der Waals surface area contributed by atoms with Crippen LogP contribution in [0.5, 0.6) is 0 Å². The van der Waals surface area contributed by atoms with Crippen molar-refractivity contribution in [1.82, 2.24) is 14.9 Å². The summed E-state index contributed by atoms with van der Waals surface area (Å²) < 4.78 is 1.95. The minimum Gasteiger partial charge on any atom is -0.354 e. The predicted octanol–water partition coefficient (Wildman–Crippen LogP) is 0.596. The van der Waals surface area contributed by atoms with Crippen LogP contribution >= 0.6 is 0 Å². The van der Waals surface area contributed by atoms with Gasteiger partial charge in [-0.15, -0.1) is 0 Å². The van der Waals surface area contributed by atoms with Gasteiger partial charge in [0.2, 0.25) is 5.91 Å². The summed E-state index contributed by atoms with van der Waals surface area (Å²) in [5.74, 6) is 0.887. The van der Waals surface area contributed by atoms with Crippen LogP contribution in [0.15, 0.2) is 12.4 Å². The first kappa shape index (κ1) is 13.7. The van der Waals surface area contributed by atoms with Crippen LogP contribution in [0.3, 0.4) is 0 Å². The van der Waals surface area contributed by atoms with Crippen molar-refractivity contribution >= 4 is 5.91 Å². The lowest BCUT2D eigenvalue weighted by Gasteiger charge is -2.25. The van der Waals surface area contributed by atoms with Gasteiger partial charge in [0, 0.05) is 32.4 Å². The van der Waals surface area contributed by atoms with E-state index >= 15 is 0 Å². The number of aromatic nitrogens is 2. The fourth-order valence-corrected chi connectivity index (χ4v) is 1.67. The van der Waals surface area contributed by atoms with Crippen LogP contribution in [0.25, 0.3) is 0 Å². The number of rotatable bonds is 6. The highest BCUT2D eigenvalue weighted by atomic mass is 16.2. The van der Waals surface area contributed by atoms with Crippen molar-refractivity contribution in [1.29, 1.82) is 0 Å². The summed E-state index contributed by atoms with van der Waals surface area (Å²) in [6.07, 6.45) is 5.67. The van der Waals surface area contributed by atoms with Gasteiger partial charge in [-0.2, -0.15) is 0 Å². The van der Waals surface area contributed by atoms with E-state index in [2.05, 4.69) is 10.3 Å². The molecular weight excluding hydrogens is 216 g/mol. The minimum atomic E-state index is -0.734. The van der Waals surface area contributed by atoms with Gasteiger partial charge >= 0.3 is 0 Å². The molecule has 5 heteroatoms. The zero-order chi connectivity index (χ0) is 12.9. The van der Waals surface area contributed by atoms with Gasteiger partial charge in [0.15, 0.2) is 0 Å². The summed E-state index contributed by atoms with van der Waals surface area (Å²) in [4.78, 5) is 16.1. The monoisotopic (exact) mass is 238 g/mol. The molecule has 96 valence electrons. The van der Waals surface area contributed by atoms with E-state index in [1.807, 2.05) is 31.7 Å². The zero-order valence-corrected chi connectivity index (χ0v) is 10.9. The molecule has 0 bridgehead atoms. The molecule has 1 aromatic rings. The Balaban J connectivity index is 2.41. The molecule has 0 fully saturated rings. The fourth-order valence-electron chi connectivity index (χ4n) is 1.67. The van der Waals surface area contributed by atoms with Gasteiger partial charge in [0.05, 0.1) is 5.54 Å². The highest BCUT2D eigenvalue weighted by Crippen LogP contribution is 2.10. The van der Waals surface area contributed by atoms with Crippen LogP contribution in [0.1, 0.15) is 32.5 Å². The molecule has 0 aliphatic rings. The molecule has 0 aliphatic carbocycles.